The Hall–Kier alpha value is -3.00. The number of pyridine rings is 1. The molecule has 1 aromatic heterocycles. The molecular weight excluding hydrogens is 333 g/mol. The highest BCUT2D eigenvalue weighted by molar-refractivity contribution is 6.03. The van der Waals surface area contributed by atoms with Crippen LogP contribution in [0.4, 0.5) is 4.39 Å². The van der Waals surface area contributed by atoms with E-state index in [0.29, 0.717) is 0 Å². The van der Waals surface area contributed by atoms with E-state index in [1.165, 1.54) is 6.07 Å². The second-order valence-electron chi connectivity index (χ2n) is 6.81. The first-order chi connectivity index (χ1) is 13.3. The highest BCUT2D eigenvalue weighted by Gasteiger charge is 2.17. The summed E-state index contributed by atoms with van der Waals surface area (Å²) in [5.74, 6) is -0.216. The summed E-state index contributed by atoms with van der Waals surface area (Å²) in [5, 5.41) is 1.98. The average Bonchev–Trinajstić information content (AvgIpc) is 2.72. The van der Waals surface area contributed by atoms with Gasteiger partial charge >= 0.3 is 0 Å². The van der Waals surface area contributed by atoms with Gasteiger partial charge in [-0.2, -0.15) is 0 Å². The topological polar surface area (TPSA) is 12.9 Å². The molecule has 4 rings (SSSR count). The Morgan fingerprint density at radius 2 is 1.44 bits per heavy atom. The molecule has 0 spiro atoms. The summed E-state index contributed by atoms with van der Waals surface area (Å²) in [6.45, 7) is 2.18. The minimum atomic E-state index is -0.216. The molecular formula is C25H22FN. The van der Waals surface area contributed by atoms with Crippen molar-refractivity contribution in [2.75, 3.05) is 0 Å². The van der Waals surface area contributed by atoms with Crippen LogP contribution in [0.15, 0.2) is 78.9 Å². The van der Waals surface area contributed by atoms with Gasteiger partial charge in [-0.15, -0.1) is 0 Å². The molecule has 0 saturated heterocycles. The second-order valence-corrected chi connectivity index (χ2v) is 6.81. The van der Waals surface area contributed by atoms with Gasteiger partial charge in [0.05, 0.1) is 5.69 Å². The number of aromatic nitrogens is 1. The van der Waals surface area contributed by atoms with E-state index in [1.54, 1.807) is 6.07 Å². The van der Waals surface area contributed by atoms with Gasteiger partial charge < -0.3 is 0 Å². The second kappa shape index (κ2) is 7.71. The van der Waals surface area contributed by atoms with E-state index in [4.69, 9.17) is 4.98 Å². The van der Waals surface area contributed by atoms with Crippen LogP contribution in [0.1, 0.15) is 25.5 Å². The first kappa shape index (κ1) is 17.4. The zero-order valence-corrected chi connectivity index (χ0v) is 15.5. The van der Waals surface area contributed by atoms with Crippen LogP contribution in [0.2, 0.25) is 0 Å². The summed E-state index contributed by atoms with van der Waals surface area (Å²) in [4.78, 5) is 5.09. The summed E-state index contributed by atoms with van der Waals surface area (Å²) in [7, 11) is 0. The van der Waals surface area contributed by atoms with Crippen molar-refractivity contribution >= 4 is 10.8 Å². The van der Waals surface area contributed by atoms with Crippen molar-refractivity contribution in [3.8, 4) is 22.4 Å². The molecule has 27 heavy (non-hydrogen) atoms. The zero-order chi connectivity index (χ0) is 18.6. The maximum atomic E-state index is 14.2. The van der Waals surface area contributed by atoms with Crippen molar-refractivity contribution in [1.29, 1.82) is 0 Å². The number of nitrogens with zero attached hydrogens (tertiary/aromatic N) is 1. The molecule has 0 N–H and O–H groups in total. The largest absolute Gasteiger partial charge is 0.252 e. The van der Waals surface area contributed by atoms with Crippen molar-refractivity contribution in [1.82, 2.24) is 4.98 Å². The van der Waals surface area contributed by atoms with Crippen molar-refractivity contribution in [2.24, 2.45) is 0 Å². The van der Waals surface area contributed by atoms with Crippen LogP contribution >= 0.6 is 0 Å². The molecule has 0 aliphatic rings. The number of benzene rings is 3. The smallest absolute Gasteiger partial charge is 0.123 e. The molecule has 0 saturated carbocycles. The lowest BCUT2D eigenvalue weighted by Crippen LogP contribution is -1.99. The Morgan fingerprint density at radius 3 is 2.11 bits per heavy atom. The van der Waals surface area contributed by atoms with E-state index >= 15 is 0 Å². The number of unbranched alkanes of at least 4 members (excludes halogenated alkanes) is 1. The predicted octanol–water partition coefficient (Wildman–Crippen LogP) is 7.05. The summed E-state index contributed by atoms with van der Waals surface area (Å²) < 4.78 is 14.2. The lowest BCUT2D eigenvalue weighted by molar-refractivity contribution is 0.629. The Balaban J connectivity index is 2.09. The van der Waals surface area contributed by atoms with Crippen LogP contribution in [0, 0.1) is 5.82 Å². The number of rotatable bonds is 5. The Morgan fingerprint density at radius 1 is 0.778 bits per heavy atom. The maximum Gasteiger partial charge on any atom is 0.123 e. The standard InChI is InChI=1S/C25H22FN/c1-2-3-14-23-21-16-15-20(26)17-22(21)24(18-10-6-4-7-11-18)25(27-23)19-12-8-5-9-13-19/h4-13,15-17H,2-3,14H2,1H3. The van der Waals surface area contributed by atoms with E-state index in [1.807, 2.05) is 42.5 Å². The zero-order valence-electron chi connectivity index (χ0n) is 15.5. The molecule has 4 aromatic rings. The van der Waals surface area contributed by atoms with E-state index in [2.05, 4.69) is 31.2 Å². The molecule has 0 aliphatic carbocycles. The van der Waals surface area contributed by atoms with Gasteiger partial charge in [0.1, 0.15) is 5.82 Å². The van der Waals surface area contributed by atoms with Gasteiger partial charge in [-0.1, -0.05) is 74.0 Å². The number of aryl methyl sites for hydroxylation is 1. The number of hydrogen-bond acceptors (Lipinski definition) is 1. The van der Waals surface area contributed by atoms with E-state index < -0.39 is 0 Å². The SMILES string of the molecule is CCCCc1nc(-c2ccccc2)c(-c2ccccc2)c2cc(F)ccc12. The highest BCUT2D eigenvalue weighted by atomic mass is 19.1. The molecule has 1 nitrogen and oxygen atoms in total. The van der Waals surface area contributed by atoms with Crippen molar-refractivity contribution in [2.45, 2.75) is 26.2 Å². The molecule has 0 unspecified atom stereocenters. The van der Waals surface area contributed by atoms with Crippen LogP contribution in [-0.2, 0) is 6.42 Å². The number of fused-ring (bicyclic) bond motifs is 1. The first-order valence-electron chi connectivity index (χ1n) is 9.51. The normalized spacial score (nSPS) is 11.0. The van der Waals surface area contributed by atoms with Gasteiger partial charge in [0.25, 0.3) is 0 Å². The Bertz CT molecular complexity index is 1060. The number of hydrogen-bond donors (Lipinski definition) is 0. The molecule has 3 aromatic carbocycles. The molecule has 1 heterocycles. The van der Waals surface area contributed by atoms with E-state index in [-0.39, 0.29) is 5.82 Å². The summed E-state index contributed by atoms with van der Waals surface area (Å²) in [6.07, 6.45) is 3.07. The minimum Gasteiger partial charge on any atom is -0.252 e. The monoisotopic (exact) mass is 355 g/mol. The summed E-state index contributed by atoms with van der Waals surface area (Å²) in [5.41, 5.74) is 5.08. The third-order valence-electron chi connectivity index (χ3n) is 4.92. The van der Waals surface area contributed by atoms with Gasteiger partial charge in [-0.25, -0.2) is 4.39 Å². The van der Waals surface area contributed by atoms with Crippen LogP contribution < -0.4 is 0 Å². The van der Waals surface area contributed by atoms with E-state index in [0.717, 1.165) is 58.1 Å². The lowest BCUT2D eigenvalue weighted by atomic mass is 9.92. The Labute approximate surface area is 159 Å². The van der Waals surface area contributed by atoms with Crippen molar-refractivity contribution in [3.63, 3.8) is 0 Å². The predicted molar refractivity (Wildman–Crippen MR) is 111 cm³/mol. The van der Waals surface area contributed by atoms with Crippen LogP contribution in [0.25, 0.3) is 33.2 Å². The van der Waals surface area contributed by atoms with Gasteiger partial charge in [0.15, 0.2) is 0 Å². The molecule has 0 radical (unpaired) electrons. The minimum absolute atomic E-state index is 0.216. The van der Waals surface area contributed by atoms with Crippen LogP contribution in [0.5, 0.6) is 0 Å². The van der Waals surface area contributed by atoms with Gasteiger partial charge in [0, 0.05) is 22.2 Å². The molecule has 0 aliphatic heterocycles. The van der Waals surface area contributed by atoms with Crippen LogP contribution in [0.3, 0.4) is 0 Å². The van der Waals surface area contributed by atoms with Gasteiger partial charge in [-0.05, 0) is 42.0 Å². The molecule has 0 bridgehead atoms. The van der Waals surface area contributed by atoms with Gasteiger partial charge in [-0.3, -0.25) is 4.98 Å². The summed E-state index contributed by atoms with van der Waals surface area (Å²) in [6, 6.07) is 25.4. The van der Waals surface area contributed by atoms with Crippen molar-refractivity contribution < 1.29 is 4.39 Å². The van der Waals surface area contributed by atoms with Crippen molar-refractivity contribution in [3.05, 3.63) is 90.4 Å². The molecule has 0 fully saturated rings. The highest BCUT2D eigenvalue weighted by Crippen LogP contribution is 2.38. The maximum absolute atomic E-state index is 14.2. The van der Waals surface area contributed by atoms with Gasteiger partial charge in [0.2, 0.25) is 0 Å². The first-order valence-corrected chi connectivity index (χ1v) is 9.51. The molecule has 0 atom stereocenters. The third kappa shape index (κ3) is 3.48. The fourth-order valence-corrected chi connectivity index (χ4v) is 3.59. The van der Waals surface area contributed by atoms with E-state index in [9.17, 15) is 4.39 Å². The van der Waals surface area contributed by atoms with Crippen LogP contribution in [-0.4, -0.2) is 4.98 Å². The number of halogens is 1. The third-order valence-corrected chi connectivity index (χ3v) is 4.92. The molecule has 134 valence electrons. The fourth-order valence-electron chi connectivity index (χ4n) is 3.59. The quantitative estimate of drug-likeness (QED) is 0.374. The Kier molecular flexibility index (Phi) is 4.97. The average molecular weight is 355 g/mol. The molecule has 0 amide bonds. The fraction of sp³-hybridized carbons (Fsp3) is 0.160. The lowest BCUT2D eigenvalue weighted by Gasteiger charge is -2.17. The molecule has 2 heteroatoms. The summed E-state index contributed by atoms with van der Waals surface area (Å²) >= 11 is 0.